The first-order valence-corrected chi connectivity index (χ1v) is 9.48. The van der Waals surface area contributed by atoms with Gasteiger partial charge < -0.3 is 5.32 Å². The summed E-state index contributed by atoms with van der Waals surface area (Å²) in [4.78, 5) is 0. The lowest BCUT2D eigenvalue weighted by Gasteiger charge is -2.37. The Labute approximate surface area is 122 Å². The van der Waals surface area contributed by atoms with Crippen molar-refractivity contribution in [1.29, 1.82) is 0 Å². The number of nitrogens with one attached hydrogen (secondary N) is 1. The second-order valence-electron chi connectivity index (χ2n) is 6.62. The average Bonchev–Trinajstić information content (AvgIpc) is 2.91. The lowest BCUT2D eigenvalue weighted by Crippen LogP contribution is -2.43. The minimum Gasteiger partial charge on any atom is -0.317 e. The van der Waals surface area contributed by atoms with E-state index in [0.717, 1.165) is 45.3 Å². The molecule has 3 heterocycles. The monoisotopic (exact) mass is 301 g/mol. The number of piperidine rings is 1. The highest BCUT2D eigenvalue weighted by Gasteiger charge is 2.38. The molecule has 5 nitrogen and oxygen atoms in total. The molecule has 0 radical (unpaired) electrons. The Morgan fingerprint density at radius 1 is 0.750 bits per heavy atom. The third-order valence-corrected chi connectivity index (χ3v) is 7.42. The van der Waals surface area contributed by atoms with Crippen LogP contribution in [0.3, 0.4) is 0 Å². The van der Waals surface area contributed by atoms with E-state index in [1.165, 1.54) is 19.3 Å². The van der Waals surface area contributed by atoms with Gasteiger partial charge in [0, 0.05) is 26.2 Å². The first kappa shape index (κ1) is 14.8. The van der Waals surface area contributed by atoms with Crippen LogP contribution in [0.1, 0.15) is 44.9 Å². The van der Waals surface area contributed by atoms with Gasteiger partial charge in [-0.25, -0.2) is 0 Å². The normalized spacial score (nSPS) is 29.6. The molecule has 1 spiro atoms. The zero-order valence-electron chi connectivity index (χ0n) is 12.3. The summed E-state index contributed by atoms with van der Waals surface area (Å²) in [6, 6.07) is 0. The molecule has 20 heavy (non-hydrogen) atoms. The number of hydrogen-bond acceptors (Lipinski definition) is 3. The van der Waals surface area contributed by atoms with Crippen LogP contribution in [-0.4, -0.2) is 56.3 Å². The first-order chi connectivity index (χ1) is 9.62. The lowest BCUT2D eigenvalue weighted by atomic mass is 9.73. The van der Waals surface area contributed by atoms with Crippen LogP contribution < -0.4 is 5.32 Å². The van der Waals surface area contributed by atoms with E-state index >= 15 is 0 Å². The van der Waals surface area contributed by atoms with E-state index in [1.54, 1.807) is 8.61 Å². The van der Waals surface area contributed by atoms with Crippen molar-refractivity contribution in [3.05, 3.63) is 0 Å². The molecule has 3 rings (SSSR count). The van der Waals surface area contributed by atoms with Crippen molar-refractivity contribution in [3.63, 3.8) is 0 Å². The molecule has 3 saturated heterocycles. The van der Waals surface area contributed by atoms with E-state index in [2.05, 4.69) is 5.32 Å². The van der Waals surface area contributed by atoms with Crippen molar-refractivity contribution >= 4 is 10.2 Å². The summed E-state index contributed by atoms with van der Waals surface area (Å²) in [6.45, 7) is 5.06. The fourth-order valence-corrected chi connectivity index (χ4v) is 5.73. The quantitative estimate of drug-likeness (QED) is 0.833. The van der Waals surface area contributed by atoms with Gasteiger partial charge in [-0.05, 0) is 63.5 Å². The third-order valence-electron chi connectivity index (χ3n) is 5.39. The Balaban J connectivity index is 1.67. The highest BCUT2D eigenvalue weighted by molar-refractivity contribution is 7.86. The van der Waals surface area contributed by atoms with Gasteiger partial charge in [-0.1, -0.05) is 0 Å². The van der Waals surface area contributed by atoms with Gasteiger partial charge >= 0.3 is 0 Å². The maximum atomic E-state index is 12.7. The molecule has 0 amide bonds. The molecule has 3 aliphatic rings. The highest BCUT2D eigenvalue weighted by Crippen LogP contribution is 2.40. The van der Waals surface area contributed by atoms with Gasteiger partial charge in [-0.3, -0.25) is 0 Å². The van der Waals surface area contributed by atoms with Gasteiger partial charge in [-0.15, -0.1) is 0 Å². The van der Waals surface area contributed by atoms with Gasteiger partial charge in [0.1, 0.15) is 0 Å². The summed E-state index contributed by atoms with van der Waals surface area (Å²) in [6.07, 6.45) is 7.72. The highest BCUT2D eigenvalue weighted by atomic mass is 32.2. The molecule has 3 fully saturated rings. The SMILES string of the molecule is O=S(=O)(N1CCCC1)N1CCCC2(CCNCC2)CC1. The smallest absolute Gasteiger partial charge is 0.281 e. The third kappa shape index (κ3) is 2.89. The largest absolute Gasteiger partial charge is 0.317 e. The maximum absolute atomic E-state index is 12.7. The number of hydrogen-bond donors (Lipinski definition) is 1. The fraction of sp³-hybridized carbons (Fsp3) is 1.00. The molecule has 0 unspecified atom stereocenters. The molecular weight excluding hydrogens is 274 g/mol. The molecule has 3 aliphatic heterocycles. The molecule has 0 aromatic rings. The van der Waals surface area contributed by atoms with Crippen molar-refractivity contribution < 1.29 is 8.42 Å². The Bertz CT molecular complexity index is 426. The molecule has 1 N–H and O–H groups in total. The average molecular weight is 301 g/mol. The van der Waals surface area contributed by atoms with Crippen LogP contribution in [-0.2, 0) is 10.2 Å². The predicted octanol–water partition coefficient (Wildman–Crippen LogP) is 1.18. The minimum atomic E-state index is -3.19. The zero-order valence-corrected chi connectivity index (χ0v) is 13.1. The van der Waals surface area contributed by atoms with Gasteiger partial charge in [0.2, 0.25) is 0 Å². The van der Waals surface area contributed by atoms with Crippen molar-refractivity contribution in [2.24, 2.45) is 5.41 Å². The van der Waals surface area contributed by atoms with Crippen LogP contribution in [0.25, 0.3) is 0 Å². The Morgan fingerprint density at radius 2 is 1.35 bits per heavy atom. The van der Waals surface area contributed by atoms with Crippen LogP contribution in [0.15, 0.2) is 0 Å². The summed E-state index contributed by atoms with van der Waals surface area (Å²) in [5.74, 6) is 0. The molecule has 0 atom stereocenters. The van der Waals surface area contributed by atoms with Crippen LogP contribution >= 0.6 is 0 Å². The number of rotatable bonds is 2. The van der Waals surface area contributed by atoms with Crippen LogP contribution in [0.4, 0.5) is 0 Å². The van der Waals surface area contributed by atoms with Crippen LogP contribution in [0.2, 0.25) is 0 Å². The van der Waals surface area contributed by atoms with Crippen molar-refractivity contribution in [3.8, 4) is 0 Å². The van der Waals surface area contributed by atoms with Crippen LogP contribution in [0.5, 0.6) is 0 Å². The van der Waals surface area contributed by atoms with Gasteiger partial charge in [0.15, 0.2) is 0 Å². The summed E-state index contributed by atoms with van der Waals surface area (Å²) in [5.41, 5.74) is 0.403. The van der Waals surface area contributed by atoms with E-state index in [-0.39, 0.29) is 0 Å². The minimum absolute atomic E-state index is 0.403. The van der Waals surface area contributed by atoms with E-state index in [9.17, 15) is 8.42 Å². The van der Waals surface area contributed by atoms with E-state index in [1.807, 2.05) is 0 Å². The summed E-state index contributed by atoms with van der Waals surface area (Å²) in [5, 5.41) is 3.42. The Morgan fingerprint density at radius 3 is 2.05 bits per heavy atom. The standard InChI is InChI=1S/C14H27N3O2S/c18-20(19,16-10-1-2-11-16)17-12-3-4-14(7-13-17)5-8-15-9-6-14/h15H,1-13H2. The predicted molar refractivity (Wildman–Crippen MR) is 79.7 cm³/mol. The first-order valence-electron chi connectivity index (χ1n) is 8.08. The number of nitrogens with zero attached hydrogens (tertiary/aromatic N) is 2. The topological polar surface area (TPSA) is 52.7 Å². The summed E-state index contributed by atoms with van der Waals surface area (Å²) in [7, 11) is -3.19. The molecule has 0 aromatic carbocycles. The van der Waals surface area contributed by atoms with Gasteiger partial charge in [0.25, 0.3) is 10.2 Å². The summed E-state index contributed by atoms with van der Waals surface area (Å²) >= 11 is 0. The molecule has 0 bridgehead atoms. The Hall–Kier alpha value is -0.170. The van der Waals surface area contributed by atoms with Crippen molar-refractivity contribution in [1.82, 2.24) is 13.9 Å². The van der Waals surface area contributed by atoms with Crippen LogP contribution in [0, 0.1) is 5.41 Å². The molecule has 116 valence electrons. The second kappa shape index (κ2) is 5.91. The molecule has 6 heteroatoms. The van der Waals surface area contributed by atoms with Gasteiger partial charge in [0.05, 0.1) is 0 Å². The lowest BCUT2D eigenvalue weighted by molar-refractivity contribution is 0.174. The van der Waals surface area contributed by atoms with E-state index in [0.29, 0.717) is 25.0 Å². The van der Waals surface area contributed by atoms with E-state index < -0.39 is 10.2 Å². The van der Waals surface area contributed by atoms with Gasteiger partial charge in [-0.2, -0.15) is 17.0 Å². The van der Waals surface area contributed by atoms with Crippen molar-refractivity contribution in [2.75, 3.05) is 39.3 Å². The summed E-state index contributed by atoms with van der Waals surface area (Å²) < 4.78 is 28.7. The Kier molecular flexibility index (Phi) is 4.36. The second-order valence-corrected chi connectivity index (χ2v) is 8.54. The van der Waals surface area contributed by atoms with E-state index in [4.69, 9.17) is 0 Å². The maximum Gasteiger partial charge on any atom is 0.281 e. The molecule has 0 aliphatic carbocycles. The fourth-order valence-electron chi connectivity index (χ4n) is 4.00. The molecule has 0 saturated carbocycles. The molecular formula is C14H27N3O2S. The van der Waals surface area contributed by atoms with Crippen molar-refractivity contribution in [2.45, 2.75) is 44.9 Å². The zero-order chi connectivity index (χ0) is 14.1. The molecule has 0 aromatic heterocycles.